The van der Waals surface area contributed by atoms with Crippen LogP contribution in [0.5, 0.6) is 0 Å². The van der Waals surface area contributed by atoms with Gasteiger partial charge in [-0.05, 0) is 47.5 Å². The number of benzene rings is 4. The maximum Gasteiger partial charge on any atom is 0.310 e. The lowest BCUT2D eigenvalue weighted by Crippen LogP contribution is -2.26. The molecule has 4 aromatic rings. The molecule has 0 amide bonds. The van der Waals surface area contributed by atoms with Gasteiger partial charge in [0.2, 0.25) is 0 Å². The number of carbonyl (C=O) groups is 2. The largest absolute Gasteiger partial charge is 0.463 e. The standard InChI is InChI=1S/C31H26Cl4N2O5/c32-22-9-5-10-23(33)30(22)36-26-13-3-1-7-19(26)15-28(39)41-17-21(38)18-42-29(40)16-20-8-2-4-14-27(20)37-31-24(34)11-6-12-25(31)35/h1-14,21,36-38H,15-18H2. The Morgan fingerprint density at radius 1 is 0.595 bits per heavy atom. The first-order valence-electron chi connectivity index (χ1n) is 12.8. The highest BCUT2D eigenvalue weighted by Crippen LogP contribution is 2.35. The Morgan fingerprint density at radius 2 is 0.952 bits per heavy atom. The molecule has 0 spiro atoms. The summed E-state index contributed by atoms with van der Waals surface area (Å²) < 4.78 is 10.4. The van der Waals surface area contributed by atoms with Crippen molar-refractivity contribution >= 4 is 81.1 Å². The van der Waals surface area contributed by atoms with E-state index in [-0.39, 0.29) is 26.1 Å². The molecule has 4 aromatic carbocycles. The van der Waals surface area contributed by atoms with Crippen molar-refractivity contribution in [2.75, 3.05) is 23.8 Å². The summed E-state index contributed by atoms with van der Waals surface area (Å²) in [4.78, 5) is 25.0. The van der Waals surface area contributed by atoms with Crippen LogP contribution >= 0.6 is 46.4 Å². The molecule has 0 aliphatic carbocycles. The van der Waals surface area contributed by atoms with Crippen molar-refractivity contribution in [3.63, 3.8) is 0 Å². The molecule has 0 radical (unpaired) electrons. The Morgan fingerprint density at radius 3 is 1.33 bits per heavy atom. The van der Waals surface area contributed by atoms with E-state index in [2.05, 4.69) is 10.6 Å². The number of nitrogens with one attached hydrogen (secondary N) is 2. The molecule has 0 fully saturated rings. The Labute approximate surface area is 263 Å². The number of esters is 2. The molecule has 218 valence electrons. The first-order valence-corrected chi connectivity index (χ1v) is 14.3. The zero-order valence-electron chi connectivity index (χ0n) is 22.1. The van der Waals surface area contributed by atoms with Crippen molar-refractivity contribution in [1.29, 1.82) is 0 Å². The lowest BCUT2D eigenvalue weighted by molar-refractivity contribution is -0.151. The quantitative estimate of drug-likeness (QED) is 0.134. The summed E-state index contributed by atoms with van der Waals surface area (Å²) >= 11 is 25.0. The Hall–Kier alpha value is -3.46. The minimum absolute atomic E-state index is 0.0724. The van der Waals surface area contributed by atoms with E-state index in [0.29, 0.717) is 54.0 Å². The van der Waals surface area contributed by atoms with Crippen molar-refractivity contribution in [3.05, 3.63) is 116 Å². The normalized spacial score (nSPS) is 10.8. The number of para-hydroxylation sites is 4. The number of hydrogen-bond donors (Lipinski definition) is 3. The van der Waals surface area contributed by atoms with E-state index < -0.39 is 18.0 Å². The van der Waals surface area contributed by atoms with Crippen LogP contribution in [0.1, 0.15) is 11.1 Å². The smallest absolute Gasteiger partial charge is 0.310 e. The Balaban J connectivity index is 1.26. The van der Waals surface area contributed by atoms with Crippen molar-refractivity contribution in [1.82, 2.24) is 0 Å². The number of anilines is 4. The monoisotopic (exact) mass is 646 g/mol. The van der Waals surface area contributed by atoms with Gasteiger partial charge in [-0.2, -0.15) is 0 Å². The van der Waals surface area contributed by atoms with E-state index in [1.807, 2.05) is 0 Å². The molecule has 0 bridgehead atoms. The number of hydrogen-bond acceptors (Lipinski definition) is 7. The van der Waals surface area contributed by atoms with Gasteiger partial charge in [0.1, 0.15) is 19.3 Å². The number of rotatable bonds is 12. The van der Waals surface area contributed by atoms with Gasteiger partial charge >= 0.3 is 11.9 Å². The van der Waals surface area contributed by atoms with Crippen LogP contribution in [0.4, 0.5) is 22.7 Å². The second-order valence-corrected chi connectivity index (χ2v) is 10.8. The molecule has 0 unspecified atom stereocenters. The summed E-state index contributed by atoms with van der Waals surface area (Å²) in [5.74, 6) is -1.14. The van der Waals surface area contributed by atoms with Gasteiger partial charge in [-0.15, -0.1) is 0 Å². The highest BCUT2D eigenvalue weighted by atomic mass is 35.5. The van der Waals surface area contributed by atoms with Gasteiger partial charge in [-0.25, -0.2) is 0 Å². The predicted molar refractivity (Wildman–Crippen MR) is 168 cm³/mol. The van der Waals surface area contributed by atoms with E-state index >= 15 is 0 Å². The fourth-order valence-electron chi connectivity index (χ4n) is 3.94. The van der Waals surface area contributed by atoms with E-state index in [0.717, 1.165) is 0 Å². The first kappa shape index (κ1) is 31.5. The van der Waals surface area contributed by atoms with Gasteiger partial charge in [0, 0.05) is 11.4 Å². The second-order valence-electron chi connectivity index (χ2n) is 9.13. The molecule has 0 saturated heterocycles. The van der Waals surface area contributed by atoms with Crippen LogP contribution in [0.15, 0.2) is 84.9 Å². The third-order valence-corrected chi connectivity index (χ3v) is 7.28. The molecule has 0 aliphatic rings. The summed E-state index contributed by atoms with van der Waals surface area (Å²) in [5.41, 5.74) is 3.58. The summed E-state index contributed by atoms with van der Waals surface area (Å²) in [7, 11) is 0. The third-order valence-electron chi connectivity index (χ3n) is 6.02. The van der Waals surface area contributed by atoms with Crippen LogP contribution in [0, 0.1) is 0 Å². The van der Waals surface area contributed by atoms with Crippen molar-refractivity contribution in [2.24, 2.45) is 0 Å². The summed E-state index contributed by atoms with van der Waals surface area (Å²) in [6.07, 6.45) is -1.35. The molecule has 3 N–H and O–H groups in total. The van der Waals surface area contributed by atoms with Gasteiger partial charge in [0.25, 0.3) is 0 Å². The van der Waals surface area contributed by atoms with Gasteiger partial charge < -0.3 is 25.2 Å². The highest BCUT2D eigenvalue weighted by molar-refractivity contribution is 6.39. The van der Waals surface area contributed by atoms with Crippen LogP contribution in [0.3, 0.4) is 0 Å². The van der Waals surface area contributed by atoms with Crippen LogP contribution in [0.25, 0.3) is 0 Å². The van der Waals surface area contributed by atoms with Crippen LogP contribution in [-0.4, -0.2) is 36.4 Å². The Kier molecular flexibility index (Phi) is 11.3. The molecule has 11 heteroatoms. The maximum atomic E-state index is 12.5. The van der Waals surface area contributed by atoms with Crippen LogP contribution in [0.2, 0.25) is 20.1 Å². The van der Waals surface area contributed by atoms with Gasteiger partial charge in [0.05, 0.1) is 44.3 Å². The van der Waals surface area contributed by atoms with Gasteiger partial charge in [0.15, 0.2) is 0 Å². The minimum atomic E-state index is -1.21. The molecule has 7 nitrogen and oxygen atoms in total. The molecule has 0 saturated carbocycles. The average Bonchev–Trinajstić information content (AvgIpc) is 2.96. The summed E-state index contributed by atoms with van der Waals surface area (Å²) in [6.45, 7) is -0.692. The number of carbonyl (C=O) groups excluding carboxylic acids is 2. The van der Waals surface area contributed by atoms with Crippen LogP contribution < -0.4 is 10.6 Å². The fourth-order valence-corrected chi connectivity index (χ4v) is 4.92. The van der Waals surface area contributed by atoms with E-state index in [9.17, 15) is 14.7 Å². The summed E-state index contributed by atoms with van der Waals surface area (Å²) in [5, 5.41) is 18.3. The van der Waals surface area contributed by atoms with Crippen LogP contribution in [-0.2, 0) is 31.9 Å². The van der Waals surface area contributed by atoms with Gasteiger partial charge in [-0.1, -0.05) is 94.9 Å². The predicted octanol–water partition coefficient (Wildman–Crippen LogP) is 8.02. The van der Waals surface area contributed by atoms with Crippen molar-refractivity contribution < 1.29 is 24.2 Å². The lowest BCUT2D eigenvalue weighted by Gasteiger charge is -2.16. The molecule has 0 aromatic heterocycles. The second kappa shape index (κ2) is 15.1. The Bertz CT molecular complexity index is 1410. The first-order chi connectivity index (χ1) is 20.2. The van der Waals surface area contributed by atoms with E-state index in [1.165, 1.54) is 0 Å². The number of halogens is 4. The molecule has 42 heavy (non-hydrogen) atoms. The minimum Gasteiger partial charge on any atom is -0.463 e. The SMILES string of the molecule is O=C(Cc1ccccc1Nc1c(Cl)cccc1Cl)OCC(O)COC(=O)Cc1ccccc1Nc1c(Cl)cccc1Cl. The molecule has 0 heterocycles. The molecule has 0 aliphatic heterocycles. The highest BCUT2D eigenvalue weighted by Gasteiger charge is 2.17. The molecular formula is C31H26Cl4N2O5. The number of aliphatic hydroxyl groups excluding tert-OH is 1. The maximum absolute atomic E-state index is 12.5. The number of aliphatic hydroxyl groups is 1. The number of ether oxygens (including phenoxy) is 2. The average molecular weight is 648 g/mol. The van der Waals surface area contributed by atoms with Gasteiger partial charge in [-0.3, -0.25) is 9.59 Å². The molecule has 4 rings (SSSR count). The van der Waals surface area contributed by atoms with Crippen molar-refractivity contribution in [2.45, 2.75) is 18.9 Å². The molecular weight excluding hydrogens is 622 g/mol. The fraction of sp³-hybridized carbons (Fsp3) is 0.161. The third kappa shape index (κ3) is 8.77. The molecule has 0 atom stereocenters. The van der Waals surface area contributed by atoms with Crippen molar-refractivity contribution in [3.8, 4) is 0 Å². The lowest BCUT2D eigenvalue weighted by atomic mass is 10.1. The zero-order valence-corrected chi connectivity index (χ0v) is 25.1. The zero-order chi connectivity index (χ0) is 30.1. The summed E-state index contributed by atoms with van der Waals surface area (Å²) in [6, 6.07) is 24.5. The van der Waals surface area contributed by atoms with E-state index in [1.54, 1.807) is 84.9 Å². The van der Waals surface area contributed by atoms with E-state index in [4.69, 9.17) is 55.9 Å². The topological polar surface area (TPSA) is 96.9 Å².